The standard InChI is InChI=1S/C19H19N5O/c1-24(2)17-6-3-14(4-7-17)9-23-19(25)15-5-8-18(22-12-15)16-10-20-13-21-11-16/h3-8,10-13H,9H2,1-2H3,(H,23,25). The zero-order valence-corrected chi connectivity index (χ0v) is 14.2. The molecule has 0 saturated heterocycles. The van der Waals surface area contributed by atoms with Gasteiger partial charge >= 0.3 is 0 Å². The molecule has 1 amide bonds. The molecule has 1 N–H and O–H groups in total. The van der Waals surface area contributed by atoms with Crippen LogP contribution in [0.3, 0.4) is 0 Å². The zero-order valence-electron chi connectivity index (χ0n) is 14.2. The summed E-state index contributed by atoms with van der Waals surface area (Å²) in [5.74, 6) is -0.153. The van der Waals surface area contributed by atoms with Gasteiger partial charge in [-0.3, -0.25) is 9.78 Å². The van der Waals surface area contributed by atoms with Gasteiger partial charge in [0.1, 0.15) is 6.33 Å². The van der Waals surface area contributed by atoms with Crippen molar-refractivity contribution in [2.45, 2.75) is 6.54 Å². The van der Waals surface area contributed by atoms with E-state index in [1.54, 1.807) is 30.7 Å². The van der Waals surface area contributed by atoms with Crippen molar-refractivity contribution in [1.82, 2.24) is 20.3 Å². The van der Waals surface area contributed by atoms with Crippen molar-refractivity contribution in [3.8, 4) is 11.3 Å². The Kier molecular flexibility index (Phi) is 4.99. The van der Waals surface area contributed by atoms with Crippen LogP contribution >= 0.6 is 0 Å². The second kappa shape index (κ2) is 7.53. The fraction of sp³-hybridized carbons (Fsp3) is 0.158. The fourth-order valence-electron chi connectivity index (χ4n) is 2.33. The van der Waals surface area contributed by atoms with Crippen molar-refractivity contribution < 1.29 is 4.79 Å². The molecule has 0 radical (unpaired) electrons. The van der Waals surface area contributed by atoms with E-state index >= 15 is 0 Å². The molecule has 0 fully saturated rings. The number of anilines is 1. The summed E-state index contributed by atoms with van der Waals surface area (Å²) < 4.78 is 0. The van der Waals surface area contributed by atoms with E-state index in [1.807, 2.05) is 43.3 Å². The quantitative estimate of drug-likeness (QED) is 0.777. The van der Waals surface area contributed by atoms with Crippen molar-refractivity contribution in [2.24, 2.45) is 0 Å². The van der Waals surface area contributed by atoms with Crippen LogP contribution in [0, 0.1) is 0 Å². The SMILES string of the molecule is CN(C)c1ccc(CNC(=O)c2ccc(-c3cncnc3)nc2)cc1. The number of rotatable bonds is 5. The molecule has 0 bridgehead atoms. The number of aromatic nitrogens is 3. The van der Waals surface area contributed by atoms with Gasteiger partial charge in [-0.1, -0.05) is 12.1 Å². The van der Waals surface area contributed by atoms with Gasteiger partial charge in [0.2, 0.25) is 0 Å². The number of carbonyl (C=O) groups excluding carboxylic acids is 1. The van der Waals surface area contributed by atoms with Gasteiger partial charge in [-0.2, -0.15) is 0 Å². The summed E-state index contributed by atoms with van der Waals surface area (Å²) in [5.41, 5.74) is 4.24. The number of pyridine rings is 1. The maximum atomic E-state index is 12.3. The summed E-state index contributed by atoms with van der Waals surface area (Å²) in [6.45, 7) is 0.473. The van der Waals surface area contributed by atoms with Crippen LogP contribution in [0.15, 0.2) is 61.3 Å². The largest absolute Gasteiger partial charge is 0.378 e. The molecule has 2 heterocycles. The lowest BCUT2D eigenvalue weighted by Crippen LogP contribution is -2.23. The summed E-state index contributed by atoms with van der Waals surface area (Å²) in [6, 6.07) is 11.6. The molecule has 25 heavy (non-hydrogen) atoms. The van der Waals surface area contributed by atoms with Crippen LogP contribution in [0.2, 0.25) is 0 Å². The second-order valence-electron chi connectivity index (χ2n) is 5.80. The van der Waals surface area contributed by atoms with Crippen LogP contribution in [0.25, 0.3) is 11.3 Å². The number of nitrogens with one attached hydrogen (secondary N) is 1. The lowest BCUT2D eigenvalue weighted by Gasteiger charge is -2.13. The van der Waals surface area contributed by atoms with Crippen LogP contribution in [-0.2, 0) is 6.54 Å². The Labute approximate surface area is 146 Å². The third-order valence-corrected chi connectivity index (χ3v) is 3.79. The molecule has 6 nitrogen and oxygen atoms in total. The molecule has 2 aromatic heterocycles. The molecule has 0 spiro atoms. The van der Waals surface area contributed by atoms with Crippen LogP contribution in [0.4, 0.5) is 5.69 Å². The normalized spacial score (nSPS) is 10.3. The van der Waals surface area contributed by atoms with Crippen LogP contribution in [0.5, 0.6) is 0 Å². The molecule has 0 aliphatic carbocycles. The minimum absolute atomic E-state index is 0.153. The highest BCUT2D eigenvalue weighted by Crippen LogP contribution is 2.15. The molecule has 6 heteroatoms. The van der Waals surface area contributed by atoms with Crippen molar-refractivity contribution in [3.63, 3.8) is 0 Å². The third kappa shape index (κ3) is 4.17. The first-order chi connectivity index (χ1) is 12.1. The Bertz CT molecular complexity index is 830. The predicted octanol–water partition coefficient (Wildman–Crippen LogP) is 2.53. The predicted molar refractivity (Wildman–Crippen MR) is 97.2 cm³/mol. The van der Waals surface area contributed by atoms with E-state index in [9.17, 15) is 4.79 Å². The van der Waals surface area contributed by atoms with Gasteiger partial charge < -0.3 is 10.2 Å². The van der Waals surface area contributed by atoms with E-state index in [2.05, 4.69) is 20.3 Å². The topological polar surface area (TPSA) is 71.0 Å². The number of amides is 1. The summed E-state index contributed by atoms with van der Waals surface area (Å²) in [6.07, 6.45) is 6.40. The average Bonchev–Trinajstić information content (AvgIpc) is 2.67. The number of nitrogens with zero attached hydrogens (tertiary/aromatic N) is 4. The van der Waals surface area contributed by atoms with E-state index in [0.29, 0.717) is 12.1 Å². The Hall–Kier alpha value is -3.28. The second-order valence-corrected chi connectivity index (χ2v) is 5.80. The summed E-state index contributed by atoms with van der Waals surface area (Å²) in [7, 11) is 3.99. The minimum Gasteiger partial charge on any atom is -0.378 e. The van der Waals surface area contributed by atoms with Gasteiger partial charge in [0.25, 0.3) is 5.91 Å². The Morgan fingerprint density at radius 2 is 1.72 bits per heavy atom. The van der Waals surface area contributed by atoms with Crippen LogP contribution < -0.4 is 10.2 Å². The number of hydrogen-bond donors (Lipinski definition) is 1. The first kappa shape index (κ1) is 16.6. The van der Waals surface area contributed by atoms with Crippen molar-refractivity contribution in [2.75, 3.05) is 19.0 Å². The molecule has 0 saturated carbocycles. The Morgan fingerprint density at radius 1 is 1.00 bits per heavy atom. The van der Waals surface area contributed by atoms with Gasteiger partial charge in [0.05, 0.1) is 11.3 Å². The number of carbonyl (C=O) groups is 1. The maximum Gasteiger partial charge on any atom is 0.253 e. The van der Waals surface area contributed by atoms with Crippen molar-refractivity contribution >= 4 is 11.6 Å². The van der Waals surface area contributed by atoms with E-state index in [-0.39, 0.29) is 5.91 Å². The molecule has 1 aromatic carbocycles. The molecule has 0 unspecified atom stereocenters. The highest BCUT2D eigenvalue weighted by molar-refractivity contribution is 5.94. The van der Waals surface area contributed by atoms with E-state index in [1.165, 1.54) is 6.33 Å². The Balaban J connectivity index is 1.61. The molecular formula is C19H19N5O. The number of benzene rings is 1. The molecule has 3 aromatic rings. The maximum absolute atomic E-state index is 12.3. The van der Waals surface area contributed by atoms with Gasteiger partial charge in [-0.15, -0.1) is 0 Å². The van der Waals surface area contributed by atoms with Crippen molar-refractivity contribution in [3.05, 3.63) is 72.4 Å². The zero-order chi connectivity index (χ0) is 17.6. The fourth-order valence-corrected chi connectivity index (χ4v) is 2.33. The molecule has 126 valence electrons. The molecule has 0 aliphatic rings. The van der Waals surface area contributed by atoms with Crippen LogP contribution in [0.1, 0.15) is 15.9 Å². The van der Waals surface area contributed by atoms with Crippen LogP contribution in [-0.4, -0.2) is 35.0 Å². The summed E-state index contributed by atoms with van der Waals surface area (Å²) >= 11 is 0. The smallest absolute Gasteiger partial charge is 0.253 e. The average molecular weight is 333 g/mol. The third-order valence-electron chi connectivity index (χ3n) is 3.79. The summed E-state index contributed by atoms with van der Waals surface area (Å²) in [4.78, 5) is 26.5. The van der Waals surface area contributed by atoms with E-state index in [0.717, 1.165) is 22.5 Å². The summed E-state index contributed by atoms with van der Waals surface area (Å²) in [5, 5.41) is 2.91. The lowest BCUT2D eigenvalue weighted by molar-refractivity contribution is 0.0950. The lowest BCUT2D eigenvalue weighted by atomic mass is 10.1. The molecule has 0 aliphatic heterocycles. The van der Waals surface area contributed by atoms with E-state index < -0.39 is 0 Å². The molecular weight excluding hydrogens is 314 g/mol. The Morgan fingerprint density at radius 3 is 2.32 bits per heavy atom. The molecule has 0 atom stereocenters. The van der Waals surface area contributed by atoms with Gasteiger partial charge in [-0.05, 0) is 29.8 Å². The number of hydrogen-bond acceptors (Lipinski definition) is 5. The highest BCUT2D eigenvalue weighted by Gasteiger charge is 2.07. The van der Waals surface area contributed by atoms with E-state index in [4.69, 9.17) is 0 Å². The highest BCUT2D eigenvalue weighted by atomic mass is 16.1. The van der Waals surface area contributed by atoms with Gasteiger partial charge in [0, 0.05) is 50.5 Å². The van der Waals surface area contributed by atoms with Gasteiger partial charge in [0.15, 0.2) is 0 Å². The minimum atomic E-state index is -0.153. The first-order valence-corrected chi connectivity index (χ1v) is 7.89. The van der Waals surface area contributed by atoms with Crippen molar-refractivity contribution in [1.29, 1.82) is 0 Å². The monoisotopic (exact) mass is 333 g/mol. The first-order valence-electron chi connectivity index (χ1n) is 7.89. The van der Waals surface area contributed by atoms with Gasteiger partial charge in [-0.25, -0.2) is 9.97 Å². The molecule has 3 rings (SSSR count).